The predicted molar refractivity (Wildman–Crippen MR) is 144 cm³/mol. The Morgan fingerprint density at radius 1 is 1.10 bits per heavy atom. The van der Waals surface area contributed by atoms with Gasteiger partial charge < -0.3 is 39.8 Å². The van der Waals surface area contributed by atoms with Crippen LogP contribution >= 0.6 is 0 Å². The Morgan fingerprint density at radius 2 is 1.87 bits per heavy atom. The quantitative estimate of drug-likeness (QED) is 0.244. The first-order valence-corrected chi connectivity index (χ1v) is 13.8. The molecule has 39 heavy (non-hydrogen) atoms. The van der Waals surface area contributed by atoms with Gasteiger partial charge in [0.15, 0.2) is 11.5 Å². The molecule has 3 rings (SSSR count). The standard InChI is InChI=1S/C29H42N2O8/c1-4-5-6-7-12-31(24(35)10-8-9-18(2)34)22-16-21(29(37)30-11-13-32)25-20-14-19(17-33)15-23(38-3)27(20)39-28(25)26(22)36/h14-16,22,25-26,28,32-33,36H,4-13,17H2,1-3H3,(H,30,37). The Balaban J connectivity index is 2.03. The van der Waals surface area contributed by atoms with Crippen LogP contribution in [0.1, 0.15) is 75.8 Å². The molecule has 0 spiro atoms. The molecule has 1 aromatic rings. The van der Waals surface area contributed by atoms with Gasteiger partial charge >= 0.3 is 0 Å². The molecular formula is C29H42N2O8. The van der Waals surface area contributed by atoms with Crippen molar-refractivity contribution < 1.29 is 39.2 Å². The van der Waals surface area contributed by atoms with Crippen LogP contribution in [-0.4, -0.2) is 82.9 Å². The van der Waals surface area contributed by atoms with Crippen molar-refractivity contribution in [2.24, 2.45) is 0 Å². The molecule has 1 aliphatic heterocycles. The Morgan fingerprint density at radius 3 is 2.51 bits per heavy atom. The van der Waals surface area contributed by atoms with Gasteiger partial charge in [0.05, 0.1) is 32.3 Å². The number of nitrogens with one attached hydrogen (secondary N) is 1. The van der Waals surface area contributed by atoms with Gasteiger partial charge in [-0.1, -0.05) is 26.2 Å². The summed E-state index contributed by atoms with van der Waals surface area (Å²) in [5, 5.41) is 33.4. The SMILES string of the molecule is CCCCCCN(C(=O)CCCC(C)=O)C1C=C(C(=O)NCCO)C2c3cc(CO)cc(OC)c3OC2C1O. The maximum atomic E-state index is 13.4. The van der Waals surface area contributed by atoms with Gasteiger partial charge in [0.2, 0.25) is 11.8 Å². The number of benzene rings is 1. The molecule has 1 heterocycles. The fourth-order valence-corrected chi connectivity index (χ4v) is 5.40. The molecule has 0 saturated carbocycles. The van der Waals surface area contributed by atoms with Crippen molar-refractivity contribution >= 4 is 17.6 Å². The van der Waals surface area contributed by atoms with Gasteiger partial charge in [-0.05, 0) is 43.5 Å². The molecule has 216 valence electrons. The van der Waals surface area contributed by atoms with E-state index in [1.165, 1.54) is 14.0 Å². The molecule has 0 saturated heterocycles. The second kappa shape index (κ2) is 14.4. The van der Waals surface area contributed by atoms with Crippen molar-refractivity contribution in [3.05, 3.63) is 34.9 Å². The molecule has 2 amide bonds. The number of amides is 2. The minimum Gasteiger partial charge on any atom is -0.493 e. The molecule has 10 nitrogen and oxygen atoms in total. The van der Waals surface area contributed by atoms with Gasteiger partial charge in [0.1, 0.15) is 18.0 Å². The maximum absolute atomic E-state index is 13.4. The number of aliphatic hydroxyl groups excluding tert-OH is 3. The van der Waals surface area contributed by atoms with E-state index in [0.717, 1.165) is 25.7 Å². The largest absolute Gasteiger partial charge is 0.493 e. The summed E-state index contributed by atoms with van der Waals surface area (Å²) in [4.78, 5) is 39.8. The zero-order chi connectivity index (χ0) is 28.5. The van der Waals surface area contributed by atoms with Gasteiger partial charge in [-0.25, -0.2) is 0 Å². The molecule has 0 fully saturated rings. The molecule has 4 unspecified atom stereocenters. The molecule has 0 aromatic heterocycles. The topological polar surface area (TPSA) is 146 Å². The second-order valence-electron chi connectivity index (χ2n) is 10.2. The van der Waals surface area contributed by atoms with Gasteiger partial charge in [-0.2, -0.15) is 0 Å². The number of Topliss-reactive ketones (excluding diaryl/α,β-unsaturated/α-hetero) is 1. The van der Waals surface area contributed by atoms with E-state index in [9.17, 15) is 29.7 Å². The van der Waals surface area contributed by atoms with Crippen molar-refractivity contribution in [3.63, 3.8) is 0 Å². The van der Waals surface area contributed by atoms with E-state index in [4.69, 9.17) is 9.47 Å². The minimum absolute atomic E-state index is 0.00823. The summed E-state index contributed by atoms with van der Waals surface area (Å²) in [6, 6.07) is 2.55. The summed E-state index contributed by atoms with van der Waals surface area (Å²) in [6.45, 7) is 3.53. The van der Waals surface area contributed by atoms with E-state index in [1.807, 2.05) is 0 Å². The van der Waals surface area contributed by atoms with Crippen LogP contribution in [0.3, 0.4) is 0 Å². The van der Waals surface area contributed by atoms with Gasteiger partial charge in [0.25, 0.3) is 0 Å². The number of fused-ring (bicyclic) bond motifs is 3. The zero-order valence-electron chi connectivity index (χ0n) is 23.1. The van der Waals surface area contributed by atoms with Crippen LogP contribution in [0.25, 0.3) is 0 Å². The van der Waals surface area contributed by atoms with Crippen molar-refractivity contribution in [2.75, 3.05) is 26.8 Å². The summed E-state index contributed by atoms with van der Waals surface area (Å²) in [5.41, 5.74) is 1.49. The van der Waals surface area contributed by atoms with E-state index in [-0.39, 0.29) is 37.9 Å². The highest BCUT2D eigenvalue weighted by Crippen LogP contribution is 2.51. The van der Waals surface area contributed by atoms with Crippen LogP contribution in [-0.2, 0) is 21.0 Å². The molecule has 2 aliphatic rings. The first-order chi connectivity index (χ1) is 18.8. The van der Waals surface area contributed by atoms with Crippen molar-refractivity contribution in [2.45, 2.75) is 89.6 Å². The lowest BCUT2D eigenvalue weighted by Gasteiger charge is -2.41. The highest BCUT2D eigenvalue weighted by Gasteiger charge is 2.51. The Labute approximate surface area is 230 Å². The van der Waals surface area contributed by atoms with Crippen molar-refractivity contribution in [1.82, 2.24) is 10.2 Å². The molecule has 0 radical (unpaired) electrons. The Hall–Kier alpha value is -2.95. The molecular weight excluding hydrogens is 504 g/mol. The van der Waals surface area contributed by atoms with Gasteiger partial charge in [-0.3, -0.25) is 9.59 Å². The first kappa shape index (κ1) is 30.6. The lowest BCUT2D eigenvalue weighted by molar-refractivity contribution is -0.137. The fraction of sp³-hybridized carbons (Fsp3) is 0.621. The summed E-state index contributed by atoms with van der Waals surface area (Å²) in [6.07, 6.45) is 4.16. The van der Waals surface area contributed by atoms with Crippen LogP contribution in [0.5, 0.6) is 11.5 Å². The number of hydrogen-bond acceptors (Lipinski definition) is 8. The molecule has 1 aromatic carbocycles. The van der Waals surface area contributed by atoms with Crippen LogP contribution < -0.4 is 14.8 Å². The summed E-state index contributed by atoms with van der Waals surface area (Å²) in [5.74, 6) is -0.531. The van der Waals surface area contributed by atoms with E-state index in [1.54, 1.807) is 23.1 Å². The van der Waals surface area contributed by atoms with Crippen molar-refractivity contribution in [1.29, 1.82) is 0 Å². The number of aliphatic hydroxyl groups is 3. The maximum Gasteiger partial charge on any atom is 0.247 e. The van der Waals surface area contributed by atoms with Crippen LogP contribution in [0.2, 0.25) is 0 Å². The summed E-state index contributed by atoms with van der Waals surface area (Å²) < 4.78 is 11.7. The molecule has 4 N–H and O–H groups in total. The van der Waals surface area contributed by atoms with E-state index in [2.05, 4.69) is 12.2 Å². The van der Waals surface area contributed by atoms with E-state index >= 15 is 0 Å². The summed E-state index contributed by atoms with van der Waals surface area (Å²) >= 11 is 0. The van der Waals surface area contributed by atoms with Crippen LogP contribution in [0, 0.1) is 0 Å². The molecule has 0 bridgehead atoms. The number of ketones is 1. The third kappa shape index (κ3) is 7.17. The lowest BCUT2D eigenvalue weighted by atomic mass is 9.77. The number of ether oxygens (including phenoxy) is 2. The number of hydrogen-bond donors (Lipinski definition) is 4. The van der Waals surface area contributed by atoms with E-state index in [0.29, 0.717) is 47.6 Å². The number of nitrogens with zero attached hydrogens (tertiary/aromatic N) is 1. The van der Waals surface area contributed by atoms with Gasteiger partial charge in [0, 0.05) is 37.1 Å². The molecule has 4 atom stereocenters. The number of unbranched alkanes of at least 4 members (excludes halogenated alkanes) is 3. The zero-order valence-corrected chi connectivity index (χ0v) is 23.1. The average Bonchev–Trinajstić information content (AvgIpc) is 3.31. The third-order valence-corrected chi connectivity index (χ3v) is 7.35. The highest BCUT2D eigenvalue weighted by molar-refractivity contribution is 5.96. The normalized spacial score (nSPS) is 21.3. The van der Waals surface area contributed by atoms with Gasteiger partial charge in [-0.15, -0.1) is 0 Å². The Bertz CT molecular complexity index is 1060. The molecule has 1 aliphatic carbocycles. The van der Waals surface area contributed by atoms with Crippen molar-refractivity contribution in [3.8, 4) is 11.5 Å². The minimum atomic E-state index is -1.15. The second-order valence-corrected chi connectivity index (χ2v) is 10.2. The van der Waals surface area contributed by atoms with Crippen LogP contribution in [0.15, 0.2) is 23.8 Å². The lowest BCUT2D eigenvalue weighted by Crippen LogP contribution is -2.56. The number of carbonyl (C=O) groups excluding carboxylic acids is 3. The number of methoxy groups -OCH3 is 1. The van der Waals surface area contributed by atoms with Crippen LogP contribution in [0.4, 0.5) is 0 Å². The first-order valence-electron chi connectivity index (χ1n) is 13.8. The predicted octanol–water partition coefficient (Wildman–Crippen LogP) is 1.98. The third-order valence-electron chi connectivity index (χ3n) is 7.35. The monoisotopic (exact) mass is 546 g/mol. The summed E-state index contributed by atoms with van der Waals surface area (Å²) in [7, 11) is 1.48. The number of rotatable bonds is 15. The number of carbonyl (C=O) groups is 3. The highest BCUT2D eigenvalue weighted by atomic mass is 16.5. The molecule has 10 heteroatoms. The Kier molecular flexibility index (Phi) is 11.3. The average molecular weight is 547 g/mol. The van der Waals surface area contributed by atoms with E-state index < -0.39 is 30.1 Å². The fourth-order valence-electron chi connectivity index (χ4n) is 5.40. The smallest absolute Gasteiger partial charge is 0.247 e.